The monoisotopic (exact) mass is 251 g/mol. The summed E-state index contributed by atoms with van der Waals surface area (Å²) in [6.07, 6.45) is 2.08. The molecule has 1 atom stereocenters. The molecule has 1 aliphatic heterocycles. The first-order valence-electron chi connectivity index (χ1n) is 6.29. The smallest absolute Gasteiger partial charge is 0.254 e. The second kappa shape index (κ2) is 5.96. The van der Waals surface area contributed by atoms with Crippen molar-refractivity contribution in [2.45, 2.75) is 19.8 Å². The first-order valence-corrected chi connectivity index (χ1v) is 6.29. The van der Waals surface area contributed by atoms with Crippen molar-refractivity contribution >= 4 is 5.91 Å². The highest BCUT2D eigenvalue weighted by Gasteiger charge is 2.16. The lowest BCUT2D eigenvalue weighted by molar-refractivity contribution is 0.0536. The number of rotatable bonds is 3. The molecule has 1 fully saturated rings. The van der Waals surface area contributed by atoms with Crippen LogP contribution in [0.25, 0.3) is 0 Å². The van der Waals surface area contributed by atoms with Crippen molar-refractivity contribution in [3.05, 3.63) is 35.1 Å². The van der Waals surface area contributed by atoms with Crippen LogP contribution < -0.4 is 5.32 Å². The lowest BCUT2D eigenvalue weighted by Gasteiger charge is -2.22. The molecule has 1 heterocycles. The van der Waals surface area contributed by atoms with Crippen LogP contribution in [-0.4, -0.2) is 25.7 Å². The normalized spacial score (nSPS) is 19.6. The van der Waals surface area contributed by atoms with Crippen LogP contribution in [0.1, 0.15) is 28.8 Å². The van der Waals surface area contributed by atoms with Gasteiger partial charge in [0.1, 0.15) is 5.82 Å². The molecule has 1 N–H and O–H groups in total. The molecule has 0 spiro atoms. The summed E-state index contributed by atoms with van der Waals surface area (Å²) in [4.78, 5) is 11.8. The molecule has 1 unspecified atom stereocenters. The van der Waals surface area contributed by atoms with Gasteiger partial charge in [0, 0.05) is 13.2 Å². The highest BCUT2D eigenvalue weighted by molar-refractivity contribution is 5.94. The van der Waals surface area contributed by atoms with E-state index in [2.05, 4.69) is 5.32 Å². The second-order valence-corrected chi connectivity index (χ2v) is 4.78. The number of hydrogen-bond acceptors (Lipinski definition) is 2. The highest BCUT2D eigenvalue weighted by atomic mass is 19.1. The Kier molecular flexibility index (Phi) is 4.31. The van der Waals surface area contributed by atoms with E-state index < -0.39 is 5.82 Å². The molecule has 3 nitrogen and oxygen atoms in total. The van der Waals surface area contributed by atoms with Crippen molar-refractivity contribution < 1.29 is 13.9 Å². The van der Waals surface area contributed by atoms with Gasteiger partial charge >= 0.3 is 0 Å². The molecule has 0 radical (unpaired) electrons. The summed E-state index contributed by atoms with van der Waals surface area (Å²) in [5.74, 6) is -0.471. The van der Waals surface area contributed by atoms with E-state index in [1.54, 1.807) is 13.0 Å². The Morgan fingerprint density at radius 2 is 2.39 bits per heavy atom. The van der Waals surface area contributed by atoms with Crippen LogP contribution >= 0.6 is 0 Å². The molecule has 1 aliphatic rings. The van der Waals surface area contributed by atoms with Gasteiger partial charge in [-0.05, 0) is 43.4 Å². The van der Waals surface area contributed by atoms with Crippen LogP contribution in [0.4, 0.5) is 4.39 Å². The number of hydrogen-bond donors (Lipinski definition) is 1. The average Bonchev–Trinajstić information content (AvgIpc) is 2.37. The quantitative estimate of drug-likeness (QED) is 0.895. The van der Waals surface area contributed by atoms with Gasteiger partial charge < -0.3 is 10.1 Å². The number of carbonyl (C=O) groups excluding carboxylic acids is 1. The van der Waals surface area contributed by atoms with E-state index in [0.717, 1.165) is 25.0 Å². The second-order valence-electron chi connectivity index (χ2n) is 4.78. The highest BCUT2D eigenvalue weighted by Crippen LogP contribution is 2.13. The SMILES string of the molecule is Cc1ccc(C(=O)NCC2CCCOC2)c(F)c1. The Hall–Kier alpha value is -1.42. The van der Waals surface area contributed by atoms with Gasteiger partial charge in [-0.15, -0.1) is 0 Å². The van der Waals surface area contributed by atoms with E-state index in [4.69, 9.17) is 4.74 Å². The Morgan fingerprint density at radius 1 is 1.56 bits per heavy atom. The topological polar surface area (TPSA) is 38.3 Å². The molecule has 1 saturated heterocycles. The van der Waals surface area contributed by atoms with Crippen molar-refractivity contribution in [3.8, 4) is 0 Å². The van der Waals surface area contributed by atoms with E-state index in [1.807, 2.05) is 0 Å². The number of halogens is 1. The maximum atomic E-state index is 13.6. The van der Waals surface area contributed by atoms with E-state index in [1.165, 1.54) is 12.1 Å². The van der Waals surface area contributed by atoms with Gasteiger partial charge in [-0.1, -0.05) is 6.07 Å². The van der Waals surface area contributed by atoms with Crippen LogP contribution in [0.2, 0.25) is 0 Å². The first-order chi connectivity index (χ1) is 8.66. The summed E-state index contributed by atoms with van der Waals surface area (Å²) in [6.45, 7) is 3.82. The summed E-state index contributed by atoms with van der Waals surface area (Å²) in [5, 5.41) is 2.77. The summed E-state index contributed by atoms with van der Waals surface area (Å²) in [5.41, 5.74) is 0.919. The summed E-state index contributed by atoms with van der Waals surface area (Å²) in [7, 11) is 0. The van der Waals surface area contributed by atoms with E-state index in [-0.39, 0.29) is 11.5 Å². The molecule has 0 bridgehead atoms. The predicted octanol–water partition coefficient (Wildman–Crippen LogP) is 2.29. The Balaban J connectivity index is 1.90. The zero-order valence-electron chi connectivity index (χ0n) is 10.5. The standard InChI is InChI=1S/C14H18FNO2/c1-10-4-5-12(13(15)7-10)14(17)16-8-11-3-2-6-18-9-11/h4-5,7,11H,2-3,6,8-9H2,1H3,(H,16,17). The van der Waals surface area contributed by atoms with Crippen LogP contribution in [0.15, 0.2) is 18.2 Å². The number of ether oxygens (including phenoxy) is 1. The van der Waals surface area contributed by atoms with Crippen molar-refractivity contribution in [2.24, 2.45) is 5.92 Å². The van der Waals surface area contributed by atoms with Crippen molar-refractivity contribution in [1.82, 2.24) is 5.32 Å². The van der Waals surface area contributed by atoms with Gasteiger partial charge in [0.2, 0.25) is 0 Å². The number of aryl methyl sites for hydroxylation is 1. The van der Waals surface area contributed by atoms with Crippen LogP contribution in [-0.2, 0) is 4.74 Å². The molecule has 2 rings (SSSR count). The summed E-state index contributed by atoms with van der Waals surface area (Å²) >= 11 is 0. The zero-order valence-corrected chi connectivity index (χ0v) is 10.5. The lowest BCUT2D eigenvalue weighted by atomic mass is 10.0. The predicted molar refractivity (Wildman–Crippen MR) is 67.0 cm³/mol. The molecule has 1 aromatic rings. The van der Waals surface area contributed by atoms with E-state index >= 15 is 0 Å². The maximum absolute atomic E-state index is 13.6. The van der Waals surface area contributed by atoms with Crippen LogP contribution in [0, 0.1) is 18.7 Å². The molecule has 0 aromatic heterocycles. The van der Waals surface area contributed by atoms with Gasteiger partial charge in [-0.2, -0.15) is 0 Å². The minimum absolute atomic E-state index is 0.109. The molecule has 0 saturated carbocycles. The van der Waals surface area contributed by atoms with Gasteiger partial charge in [0.05, 0.1) is 12.2 Å². The van der Waals surface area contributed by atoms with Crippen LogP contribution in [0.3, 0.4) is 0 Å². The fraction of sp³-hybridized carbons (Fsp3) is 0.500. The van der Waals surface area contributed by atoms with Gasteiger partial charge in [0.15, 0.2) is 0 Å². The molecule has 98 valence electrons. The summed E-state index contributed by atoms with van der Waals surface area (Å²) in [6, 6.07) is 4.64. The maximum Gasteiger partial charge on any atom is 0.254 e. The van der Waals surface area contributed by atoms with Crippen LogP contribution in [0.5, 0.6) is 0 Å². The van der Waals surface area contributed by atoms with Crippen molar-refractivity contribution in [1.29, 1.82) is 0 Å². The third kappa shape index (κ3) is 3.29. The molecule has 1 aromatic carbocycles. The fourth-order valence-corrected chi connectivity index (χ4v) is 2.10. The van der Waals surface area contributed by atoms with E-state index in [9.17, 15) is 9.18 Å². The van der Waals surface area contributed by atoms with Crippen molar-refractivity contribution in [3.63, 3.8) is 0 Å². The lowest BCUT2D eigenvalue weighted by Crippen LogP contribution is -2.33. The molecule has 4 heteroatoms. The largest absolute Gasteiger partial charge is 0.381 e. The molecular formula is C14H18FNO2. The Labute approximate surface area is 106 Å². The van der Waals surface area contributed by atoms with Gasteiger partial charge in [-0.25, -0.2) is 4.39 Å². The third-order valence-corrected chi connectivity index (χ3v) is 3.18. The zero-order chi connectivity index (χ0) is 13.0. The number of nitrogens with one attached hydrogen (secondary N) is 1. The van der Waals surface area contributed by atoms with Gasteiger partial charge in [0.25, 0.3) is 5.91 Å². The number of carbonyl (C=O) groups is 1. The van der Waals surface area contributed by atoms with Crippen molar-refractivity contribution in [2.75, 3.05) is 19.8 Å². The first kappa shape index (κ1) is 13.0. The number of amides is 1. The van der Waals surface area contributed by atoms with Gasteiger partial charge in [-0.3, -0.25) is 4.79 Å². The molecule has 1 amide bonds. The van der Waals surface area contributed by atoms with E-state index in [0.29, 0.717) is 19.1 Å². The molecule has 0 aliphatic carbocycles. The Morgan fingerprint density at radius 3 is 3.06 bits per heavy atom. The Bertz CT molecular complexity index is 428. The number of benzene rings is 1. The minimum Gasteiger partial charge on any atom is -0.381 e. The third-order valence-electron chi connectivity index (χ3n) is 3.18. The minimum atomic E-state index is -0.465. The molecule has 18 heavy (non-hydrogen) atoms. The fourth-order valence-electron chi connectivity index (χ4n) is 2.10. The summed E-state index contributed by atoms with van der Waals surface area (Å²) < 4.78 is 18.9. The average molecular weight is 251 g/mol. The molecular weight excluding hydrogens is 233 g/mol.